The first-order valence-corrected chi connectivity index (χ1v) is 11.2. The van der Waals surface area contributed by atoms with E-state index in [0.717, 1.165) is 36.6 Å². The number of hydrogen-bond acceptors (Lipinski definition) is 6. The third-order valence-corrected chi connectivity index (χ3v) is 5.99. The molecule has 1 atom stereocenters. The number of carbonyl (C=O) groups excluding carboxylic acids is 1. The molecule has 1 N–H and O–H groups in total. The zero-order valence-corrected chi connectivity index (χ0v) is 18.6. The van der Waals surface area contributed by atoms with Crippen LogP contribution < -0.4 is 10.2 Å². The molecule has 0 spiro atoms. The van der Waals surface area contributed by atoms with Gasteiger partial charge < -0.3 is 10.2 Å². The highest BCUT2D eigenvalue weighted by Crippen LogP contribution is 2.24. The number of piperazine rings is 1. The van der Waals surface area contributed by atoms with Crippen molar-refractivity contribution in [2.75, 3.05) is 24.5 Å². The highest BCUT2D eigenvalue weighted by molar-refractivity contribution is 6.08. The summed E-state index contributed by atoms with van der Waals surface area (Å²) in [4.78, 5) is 24.5. The minimum Gasteiger partial charge on any atom is -0.353 e. The van der Waals surface area contributed by atoms with Crippen LogP contribution in [-0.4, -0.2) is 35.4 Å². The molecule has 166 valence electrons. The summed E-state index contributed by atoms with van der Waals surface area (Å²) in [5, 5.41) is 12.7. The number of nitrogens with zero attached hydrogens (tertiary/aromatic N) is 4. The molecular weight excluding hydrogens is 422 g/mol. The second-order valence-corrected chi connectivity index (χ2v) is 8.23. The lowest BCUT2D eigenvalue weighted by Crippen LogP contribution is -2.46. The number of ketones is 1. The number of aromatic nitrogens is 2. The van der Waals surface area contributed by atoms with Gasteiger partial charge in [-0.1, -0.05) is 48.5 Å². The Morgan fingerprint density at radius 1 is 0.971 bits per heavy atom. The molecule has 0 aliphatic carbocycles. The lowest BCUT2D eigenvalue weighted by molar-refractivity contribution is 0.103. The Bertz CT molecular complexity index is 1360. The number of hydrogen-bond donors (Lipinski definition) is 1. The van der Waals surface area contributed by atoms with E-state index in [1.54, 1.807) is 36.7 Å². The molecule has 2 aromatic carbocycles. The zero-order valence-electron chi connectivity index (χ0n) is 18.6. The normalized spacial score (nSPS) is 15.5. The van der Waals surface area contributed by atoms with Crippen LogP contribution in [0.15, 0.2) is 91.3 Å². The Morgan fingerprint density at radius 2 is 1.82 bits per heavy atom. The monoisotopic (exact) mass is 445 g/mol. The van der Waals surface area contributed by atoms with Crippen LogP contribution in [0, 0.1) is 11.3 Å². The molecule has 0 bridgehead atoms. The molecule has 0 amide bonds. The maximum atomic E-state index is 13.3. The van der Waals surface area contributed by atoms with E-state index < -0.39 is 0 Å². The molecule has 3 heterocycles. The van der Waals surface area contributed by atoms with Crippen LogP contribution in [0.3, 0.4) is 0 Å². The topological polar surface area (TPSA) is 81.9 Å². The molecule has 6 heteroatoms. The maximum absolute atomic E-state index is 13.3. The van der Waals surface area contributed by atoms with Crippen molar-refractivity contribution in [3.05, 3.63) is 114 Å². The van der Waals surface area contributed by atoms with Crippen molar-refractivity contribution in [2.45, 2.75) is 6.04 Å². The van der Waals surface area contributed by atoms with Crippen LogP contribution >= 0.6 is 0 Å². The molecule has 1 aliphatic heterocycles. The Balaban J connectivity index is 1.38. The Kier molecular flexibility index (Phi) is 6.11. The molecule has 34 heavy (non-hydrogen) atoms. The Hall–Kier alpha value is -4.34. The second kappa shape index (κ2) is 9.65. The average Bonchev–Trinajstić information content (AvgIpc) is 2.93. The van der Waals surface area contributed by atoms with Crippen LogP contribution in [0.1, 0.15) is 33.2 Å². The summed E-state index contributed by atoms with van der Waals surface area (Å²) in [6, 6.07) is 27.4. The van der Waals surface area contributed by atoms with E-state index in [9.17, 15) is 10.1 Å². The third-order valence-electron chi connectivity index (χ3n) is 5.99. The fourth-order valence-corrected chi connectivity index (χ4v) is 4.23. The predicted octanol–water partition coefficient (Wildman–Crippen LogP) is 4.40. The van der Waals surface area contributed by atoms with Gasteiger partial charge >= 0.3 is 0 Å². The molecule has 0 radical (unpaired) electrons. The van der Waals surface area contributed by atoms with Crippen molar-refractivity contribution in [3.8, 4) is 17.2 Å². The predicted molar refractivity (Wildman–Crippen MR) is 131 cm³/mol. The molecule has 0 saturated carbocycles. The summed E-state index contributed by atoms with van der Waals surface area (Å²) in [7, 11) is 0. The van der Waals surface area contributed by atoms with Gasteiger partial charge in [0.25, 0.3) is 0 Å². The van der Waals surface area contributed by atoms with Crippen LogP contribution in [-0.2, 0) is 0 Å². The highest BCUT2D eigenvalue weighted by atomic mass is 16.1. The standard InChI is InChI=1S/C28H23N5O/c29-16-20-6-4-9-22(14-20)23-15-24(18-30-17-23)28(34)25-10-5-11-27(32-25)33-13-12-31-26(19-33)21-7-2-1-3-8-21/h1-11,14-15,17-18,26,31H,12-13,19H2. The first-order valence-electron chi connectivity index (χ1n) is 11.2. The van der Waals surface area contributed by atoms with Crippen molar-refractivity contribution in [2.24, 2.45) is 0 Å². The summed E-state index contributed by atoms with van der Waals surface area (Å²) >= 11 is 0. The minimum absolute atomic E-state index is 0.178. The van der Waals surface area contributed by atoms with E-state index >= 15 is 0 Å². The quantitative estimate of drug-likeness (QED) is 0.459. The number of nitrogens with one attached hydrogen (secondary N) is 1. The van der Waals surface area contributed by atoms with Gasteiger partial charge in [-0.25, -0.2) is 4.98 Å². The van der Waals surface area contributed by atoms with Crippen LogP contribution in [0.4, 0.5) is 5.82 Å². The van der Waals surface area contributed by atoms with Crippen LogP contribution in [0.5, 0.6) is 0 Å². The number of anilines is 1. The van der Waals surface area contributed by atoms with Crippen molar-refractivity contribution >= 4 is 11.6 Å². The zero-order chi connectivity index (χ0) is 23.3. The lowest BCUT2D eigenvalue weighted by Gasteiger charge is -2.35. The van der Waals surface area contributed by atoms with E-state index in [-0.39, 0.29) is 11.8 Å². The largest absolute Gasteiger partial charge is 0.353 e. The van der Waals surface area contributed by atoms with Gasteiger partial charge in [0.2, 0.25) is 5.78 Å². The van der Waals surface area contributed by atoms with Gasteiger partial charge in [0.05, 0.1) is 11.6 Å². The first kappa shape index (κ1) is 21.5. The van der Waals surface area contributed by atoms with Gasteiger partial charge in [-0.3, -0.25) is 9.78 Å². The summed E-state index contributed by atoms with van der Waals surface area (Å²) in [6.45, 7) is 2.44. The summed E-state index contributed by atoms with van der Waals surface area (Å²) < 4.78 is 0. The van der Waals surface area contributed by atoms with E-state index in [4.69, 9.17) is 4.98 Å². The van der Waals surface area contributed by atoms with Gasteiger partial charge in [0.1, 0.15) is 11.5 Å². The van der Waals surface area contributed by atoms with Crippen LogP contribution in [0.25, 0.3) is 11.1 Å². The molecule has 4 aromatic rings. The van der Waals surface area contributed by atoms with Crippen molar-refractivity contribution in [1.29, 1.82) is 5.26 Å². The van der Waals surface area contributed by atoms with Gasteiger partial charge in [0, 0.05) is 49.2 Å². The number of pyridine rings is 2. The molecular formula is C28H23N5O. The number of carbonyl (C=O) groups is 1. The summed E-state index contributed by atoms with van der Waals surface area (Å²) in [5.41, 5.74) is 4.28. The molecule has 5 rings (SSSR count). The van der Waals surface area contributed by atoms with E-state index in [2.05, 4.69) is 33.4 Å². The fraction of sp³-hybridized carbons (Fsp3) is 0.143. The summed E-state index contributed by atoms with van der Waals surface area (Å²) in [6.07, 6.45) is 3.26. The molecule has 2 aromatic heterocycles. The van der Waals surface area contributed by atoms with Crippen molar-refractivity contribution in [1.82, 2.24) is 15.3 Å². The smallest absolute Gasteiger partial charge is 0.212 e. The first-order chi connectivity index (χ1) is 16.7. The number of rotatable bonds is 5. The van der Waals surface area contributed by atoms with E-state index in [1.807, 2.05) is 42.5 Å². The SMILES string of the molecule is N#Cc1cccc(-c2cncc(C(=O)c3cccc(N4CCNC(c5ccccc5)C4)n3)c2)c1. The number of benzene rings is 2. The molecule has 1 unspecified atom stereocenters. The molecule has 1 fully saturated rings. The Morgan fingerprint density at radius 3 is 2.68 bits per heavy atom. The summed E-state index contributed by atoms with van der Waals surface area (Å²) in [5.74, 6) is 0.612. The van der Waals surface area contributed by atoms with Gasteiger partial charge in [0.15, 0.2) is 0 Å². The van der Waals surface area contributed by atoms with E-state index in [0.29, 0.717) is 16.8 Å². The third kappa shape index (κ3) is 4.56. The average molecular weight is 446 g/mol. The van der Waals surface area contributed by atoms with Gasteiger partial charge in [-0.05, 0) is 41.5 Å². The maximum Gasteiger partial charge on any atom is 0.212 e. The Labute approximate surface area is 198 Å². The fourth-order valence-electron chi connectivity index (χ4n) is 4.23. The van der Waals surface area contributed by atoms with Gasteiger partial charge in [-0.2, -0.15) is 5.26 Å². The van der Waals surface area contributed by atoms with E-state index in [1.165, 1.54) is 5.56 Å². The second-order valence-electron chi connectivity index (χ2n) is 8.23. The number of nitriles is 1. The molecule has 6 nitrogen and oxygen atoms in total. The van der Waals surface area contributed by atoms with Crippen molar-refractivity contribution in [3.63, 3.8) is 0 Å². The van der Waals surface area contributed by atoms with Crippen molar-refractivity contribution < 1.29 is 4.79 Å². The molecule has 1 saturated heterocycles. The highest BCUT2D eigenvalue weighted by Gasteiger charge is 2.22. The lowest BCUT2D eigenvalue weighted by atomic mass is 10.0. The minimum atomic E-state index is -0.178. The van der Waals surface area contributed by atoms with Gasteiger partial charge in [-0.15, -0.1) is 0 Å². The van der Waals surface area contributed by atoms with Crippen LogP contribution in [0.2, 0.25) is 0 Å². The molecule has 1 aliphatic rings.